The van der Waals surface area contributed by atoms with Crippen molar-refractivity contribution in [2.45, 2.75) is 130 Å². The molecule has 0 aliphatic carbocycles. The molecule has 0 bridgehead atoms. The lowest BCUT2D eigenvalue weighted by molar-refractivity contribution is 0.0247. The minimum atomic E-state index is -0.479. The van der Waals surface area contributed by atoms with Crippen molar-refractivity contribution in [2.75, 3.05) is 6.61 Å². The van der Waals surface area contributed by atoms with Gasteiger partial charge in [0.15, 0.2) is 0 Å². The van der Waals surface area contributed by atoms with Crippen molar-refractivity contribution in [3.63, 3.8) is 0 Å². The van der Waals surface area contributed by atoms with Crippen molar-refractivity contribution in [3.05, 3.63) is 29.6 Å². The average Bonchev–Trinajstić information content (AvgIpc) is 2.83. The smallest absolute Gasteiger partial charge is 0.357 e. The summed E-state index contributed by atoms with van der Waals surface area (Å²) in [6.45, 7) is 6.84. The Hall–Kier alpha value is -1.91. The van der Waals surface area contributed by atoms with Crippen LogP contribution < -0.4 is 0 Å². The van der Waals surface area contributed by atoms with E-state index in [-0.39, 0.29) is 17.5 Å². The number of pyridine rings is 1. The second-order valence-electron chi connectivity index (χ2n) is 9.04. The quantitative estimate of drug-likeness (QED) is 0.145. The second-order valence-corrected chi connectivity index (χ2v) is 9.04. The number of esters is 2. The monoisotopic (exact) mass is 461 g/mol. The van der Waals surface area contributed by atoms with Gasteiger partial charge in [0.1, 0.15) is 17.5 Å². The van der Waals surface area contributed by atoms with E-state index in [4.69, 9.17) is 9.47 Å². The summed E-state index contributed by atoms with van der Waals surface area (Å²) in [4.78, 5) is 29.0. The predicted molar refractivity (Wildman–Crippen MR) is 135 cm³/mol. The lowest BCUT2D eigenvalue weighted by Crippen LogP contribution is -2.20. The van der Waals surface area contributed by atoms with Crippen molar-refractivity contribution in [1.29, 1.82) is 0 Å². The Morgan fingerprint density at radius 1 is 0.697 bits per heavy atom. The zero-order valence-electron chi connectivity index (χ0n) is 21.4. The molecule has 0 aliphatic heterocycles. The number of hydrogen-bond acceptors (Lipinski definition) is 5. The normalized spacial score (nSPS) is 11.8. The highest BCUT2D eigenvalue weighted by molar-refractivity contribution is 5.91. The lowest BCUT2D eigenvalue weighted by Gasteiger charge is -2.16. The lowest BCUT2D eigenvalue weighted by atomic mass is 10.1. The van der Waals surface area contributed by atoms with Crippen LogP contribution in [0.25, 0.3) is 0 Å². The maximum absolute atomic E-state index is 12.5. The van der Waals surface area contributed by atoms with Crippen LogP contribution in [0.2, 0.25) is 0 Å². The standard InChI is InChI=1S/C28H47NO4/c1-4-7-9-10-11-12-13-14-15-16-17-23-32-27(30)25-21-18-22-26(29-25)28(31)33-24(19-6-3)20-8-5-2/h18,21-22,24H,4-17,19-20,23H2,1-3H3. The van der Waals surface area contributed by atoms with E-state index in [0.29, 0.717) is 6.61 Å². The van der Waals surface area contributed by atoms with Gasteiger partial charge in [-0.3, -0.25) is 0 Å². The molecule has 0 saturated heterocycles. The highest BCUT2D eigenvalue weighted by Gasteiger charge is 2.18. The topological polar surface area (TPSA) is 65.5 Å². The highest BCUT2D eigenvalue weighted by Crippen LogP contribution is 2.14. The van der Waals surface area contributed by atoms with Crippen LogP contribution in [0.5, 0.6) is 0 Å². The molecule has 0 saturated carbocycles. The first-order valence-electron chi connectivity index (χ1n) is 13.5. The molecule has 0 N–H and O–H groups in total. The van der Waals surface area contributed by atoms with Crippen LogP contribution >= 0.6 is 0 Å². The van der Waals surface area contributed by atoms with Gasteiger partial charge in [0.05, 0.1) is 6.61 Å². The Balaban J connectivity index is 2.27. The Labute approximate surface area is 202 Å². The summed E-state index contributed by atoms with van der Waals surface area (Å²) >= 11 is 0. The van der Waals surface area contributed by atoms with E-state index in [0.717, 1.165) is 44.9 Å². The van der Waals surface area contributed by atoms with Crippen molar-refractivity contribution in [3.8, 4) is 0 Å². The number of rotatable bonds is 20. The molecule has 1 unspecified atom stereocenters. The van der Waals surface area contributed by atoms with E-state index in [1.54, 1.807) is 18.2 Å². The number of nitrogens with zero attached hydrogens (tertiary/aromatic N) is 1. The number of carbonyl (C=O) groups is 2. The van der Waals surface area contributed by atoms with Crippen LogP contribution in [0.3, 0.4) is 0 Å². The Morgan fingerprint density at radius 2 is 1.24 bits per heavy atom. The SMILES string of the molecule is CCCCCCCCCCCCCOC(=O)c1cccc(C(=O)OC(CCC)CCCC)n1. The van der Waals surface area contributed by atoms with Crippen molar-refractivity contribution in [2.24, 2.45) is 0 Å². The second kappa shape index (κ2) is 19.5. The summed E-state index contributed by atoms with van der Waals surface area (Å²) in [6, 6.07) is 4.83. The maximum atomic E-state index is 12.5. The molecule has 0 radical (unpaired) electrons. The van der Waals surface area contributed by atoms with Gasteiger partial charge in [0.25, 0.3) is 0 Å². The molecule has 0 aliphatic rings. The molecule has 1 aromatic heterocycles. The first kappa shape index (κ1) is 29.1. The van der Waals surface area contributed by atoms with E-state index >= 15 is 0 Å². The van der Waals surface area contributed by atoms with E-state index < -0.39 is 11.9 Å². The van der Waals surface area contributed by atoms with E-state index in [1.807, 2.05) is 0 Å². The van der Waals surface area contributed by atoms with Crippen molar-refractivity contribution in [1.82, 2.24) is 4.98 Å². The van der Waals surface area contributed by atoms with E-state index in [2.05, 4.69) is 25.8 Å². The van der Waals surface area contributed by atoms with Crippen LogP contribution in [0.4, 0.5) is 0 Å². The van der Waals surface area contributed by atoms with Gasteiger partial charge in [0, 0.05) is 0 Å². The molecule has 1 atom stereocenters. The predicted octanol–water partition coefficient (Wildman–Crippen LogP) is 8.07. The van der Waals surface area contributed by atoms with Crippen LogP contribution in [0.1, 0.15) is 144 Å². The number of ether oxygens (including phenoxy) is 2. The number of aromatic nitrogens is 1. The number of carbonyl (C=O) groups excluding carboxylic acids is 2. The molecule has 1 rings (SSSR count). The largest absolute Gasteiger partial charge is 0.461 e. The van der Waals surface area contributed by atoms with Gasteiger partial charge in [-0.1, -0.05) is 110 Å². The summed E-state index contributed by atoms with van der Waals surface area (Å²) < 4.78 is 11.0. The number of unbranched alkanes of at least 4 members (excludes halogenated alkanes) is 11. The fourth-order valence-electron chi connectivity index (χ4n) is 3.89. The molecule has 0 amide bonds. The Kier molecular flexibility index (Phi) is 17.3. The van der Waals surface area contributed by atoms with Crippen LogP contribution in [-0.4, -0.2) is 29.6 Å². The third-order valence-electron chi connectivity index (χ3n) is 5.91. The molecular formula is C28H47NO4. The minimum Gasteiger partial charge on any atom is -0.461 e. The van der Waals surface area contributed by atoms with Gasteiger partial charge in [-0.15, -0.1) is 0 Å². The molecule has 5 nitrogen and oxygen atoms in total. The van der Waals surface area contributed by atoms with Gasteiger partial charge < -0.3 is 9.47 Å². The summed E-state index contributed by atoms with van der Waals surface area (Å²) in [5.41, 5.74) is 0.324. The first-order valence-corrected chi connectivity index (χ1v) is 13.5. The Morgan fingerprint density at radius 3 is 1.82 bits per heavy atom. The van der Waals surface area contributed by atoms with Crippen LogP contribution in [0.15, 0.2) is 18.2 Å². The van der Waals surface area contributed by atoms with Crippen molar-refractivity contribution < 1.29 is 19.1 Å². The number of hydrogen-bond donors (Lipinski definition) is 0. The third kappa shape index (κ3) is 14.1. The highest BCUT2D eigenvalue weighted by atomic mass is 16.5. The zero-order valence-corrected chi connectivity index (χ0v) is 21.4. The molecule has 0 aromatic carbocycles. The minimum absolute atomic E-state index is 0.0964. The fraction of sp³-hybridized carbons (Fsp3) is 0.750. The third-order valence-corrected chi connectivity index (χ3v) is 5.91. The molecular weight excluding hydrogens is 414 g/mol. The maximum Gasteiger partial charge on any atom is 0.357 e. The van der Waals surface area contributed by atoms with Gasteiger partial charge in [-0.05, 0) is 31.4 Å². The molecule has 0 fully saturated rings. The van der Waals surface area contributed by atoms with Crippen molar-refractivity contribution >= 4 is 11.9 Å². The van der Waals surface area contributed by atoms with Gasteiger partial charge in [-0.2, -0.15) is 0 Å². The van der Waals surface area contributed by atoms with Gasteiger partial charge in [0.2, 0.25) is 0 Å². The average molecular weight is 462 g/mol. The molecule has 33 heavy (non-hydrogen) atoms. The van der Waals surface area contributed by atoms with Crippen LogP contribution in [0, 0.1) is 0 Å². The zero-order chi connectivity index (χ0) is 24.2. The molecule has 1 aromatic rings. The van der Waals surface area contributed by atoms with Gasteiger partial charge >= 0.3 is 11.9 Å². The van der Waals surface area contributed by atoms with Crippen LogP contribution in [-0.2, 0) is 9.47 Å². The molecule has 1 heterocycles. The molecule has 5 heteroatoms. The molecule has 188 valence electrons. The summed E-state index contributed by atoms with van der Waals surface area (Å²) in [5.74, 6) is -0.947. The Bertz CT molecular complexity index is 647. The molecule has 0 spiro atoms. The summed E-state index contributed by atoms with van der Waals surface area (Å²) in [5, 5.41) is 0. The summed E-state index contributed by atoms with van der Waals surface area (Å²) in [6.07, 6.45) is 18.4. The van der Waals surface area contributed by atoms with E-state index in [9.17, 15) is 9.59 Å². The first-order chi connectivity index (χ1) is 16.1. The van der Waals surface area contributed by atoms with E-state index in [1.165, 1.54) is 57.8 Å². The van der Waals surface area contributed by atoms with Gasteiger partial charge in [-0.25, -0.2) is 14.6 Å². The fourth-order valence-corrected chi connectivity index (χ4v) is 3.89. The summed E-state index contributed by atoms with van der Waals surface area (Å²) in [7, 11) is 0.